The maximum absolute atomic E-state index is 10.6. The van der Waals surface area contributed by atoms with Crippen LogP contribution in [0.5, 0.6) is 11.5 Å². The molecule has 0 amide bonds. The molecule has 3 rings (SSSR count). The fraction of sp³-hybridized carbons (Fsp3) is 0.562. The minimum absolute atomic E-state index is 0. The van der Waals surface area contributed by atoms with E-state index in [1.54, 1.807) is 19.2 Å². The van der Waals surface area contributed by atoms with Gasteiger partial charge in [0.2, 0.25) is 0 Å². The van der Waals surface area contributed by atoms with E-state index < -0.39 is 0 Å². The lowest BCUT2D eigenvalue weighted by molar-refractivity contribution is 0.153. The first-order valence-corrected chi connectivity index (χ1v) is 7.51. The molecule has 2 fully saturated rings. The third-order valence-corrected chi connectivity index (χ3v) is 4.43. The Bertz CT molecular complexity index is 567. The molecule has 1 saturated heterocycles. The number of nitrogens with one attached hydrogen (secondary N) is 1. The summed E-state index contributed by atoms with van der Waals surface area (Å²) in [6.07, 6.45) is 2.33. The van der Waals surface area contributed by atoms with Crippen LogP contribution in [-0.2, 0) is 0 Å². The van der Waals surface area contributed by atoms with Gasteiger partial charge >= 0.3 is 0 Å². The molecular weight excluding hydrogens is 337 g/mol. The van der Waals surface area contributed by atoms with Crippen LogP contribution in [0.2, 0.25) is 0 Å². The van der Waals surface area contributed by atoms with Crippen LogP contribution < -0.4 is 10.1 Å². The first-order chi connectivity index (χ1) is 10.3. The van der Waals surface area contributed by atoms with Gasteiger partial charge in [-0.15, -0.1) is 24.8 Å². The van der Waals surface area contributed by atoms with Crippen molar-refractivity contribution in [1.29, 1.82) is 5.26 Å². The van der Waals surface area contributed by atoms with Crippen molar-refractivity contribution in [1.82, 2.24) is 10.2 Å². The zero-order valence-electron chi connectivity index (χ0n) is 13.1. The Morgan fingerprint density at radius 1 is 1.30 bits per heavy atom. The van der Waals surface area contributed by atoms with Crippen molar-refractivity contribution in [3.8, 4) is 17.6 Å². The summed E-state index contributed by atoms with van der Waals surface area (Å²) in [7, 11) is 1.54. The van der Waals surface area contributed by atoms with Gasteiger partial charge in [-0.2, -0.15) is 5.26 Å². The highest BCUT2D eigenvalue weighted by Gasteiger charge is 2.40. The molecule has 23 heavy (non-hydrogen) atoms. The number of aromatic hydroxyl groups is 1. The van der Waals surface area contributed by atoms with E-state index in [2.05, 4.69) is 16.3 Å². The number of ether oxygens (including phenoxy) is 1. The number of rotatable bonds is 4. The van der Waals surface area contributed by atoms with Gasteiger partial charge in [0.05, 0.1) is 18.7 Å². The average molecular weight is 360 g/mol. The normalized spacial score (nSPS) is 19.0. The van der Waals surface area contributed by atoms with Crippen LogP contribution >= 0.6 is 24.8 Å². The van der Waals surface area contributed by atoms with Crippen LogP contribution in [0.3, 0.4) is 0 Å². The highest BCUT2D eigenvalue weighted by atomic mass is 35.5. The number of nitriles is 1. The second-order valence-corrected chi connectivity index (χ2v) is 5.76. The average Bonchev–Trinajstić information content (AvgIpc) is 3.35. The summed E-state index contributed by atoms with van der Waals surface area (Å²) in [6, 6.07) is 5.78. The third-order valence-electron chi connectivity index (χ3n) is 4.43. The lowest BCUT2D eigenvalue weighted by atomic mass is 9.94. The van der Waals surface area contributed by atoms with Gasteiger partial charge < -0.3 is 15.2 Å². The Morgan fingerprint density at radius 3 is 2.48 bits per heavy atom. The minimum Gasteiger partial charge on any atom is -0.504 e. The predicted molar refractivity (Wildman–Crippen MR) is 93.8 cm³/mol. The molecule has 0 radical (unpaired) electrons. The first-order valence-electron chi connectivity index (χ1n) is 7.51. The molecule has 1 heterocycles. The van der Waals surface area contributed by atoms with Crippen molar-refractivity contribution in [2.75, 3.05) is 33.3 Å². The Balaban J connectivity index is 0.00000132. The van der Waals surface area contributed by atoms with Crippen molar-refractivity contribution < 1.29 is 9.84 Å². The Morgan fingerprint density at radius 2 is 1.96 bits per heavy atom. The van der Waals surface area contributed by atoms with Gasteiger partial charge in [-0.05, 0) is 30.9 Å². The maximum atomic E-state index is 10.6. The number of benzene rings is 1. The second kappa shape index (κ2) is 8.60. The molecule has 0 spiro atoms. The molecule has 2 aliphatic rings. The molecule has 1 aromatic rings. The van der Waals surface area contributed by atoms with Gasteiger partial charge in [-0.1, -0.05) is 0 Å². The van der Waals surface area contributed by atoms with Crippen LogP contribution in [0.15, 0.2) is 12.1 Å². The van der Waals surface area contributed by atoms with Crippen molar-refractivity contribution in [3.05, 3.63) is 23.3 Å². The van der Waals surface area contributed by atoms with Crippen LogP contribution in [-0.4, -0.2) is 43.3 Å². The standard InChI is InChI=1S/C16H21N3O2.2ClH/c1-21-13-5-4-12(10-17)14(16(13)20)15(11-2-3-11)19-8-6-18-7-9-19;;/h4-5,11,15,18,20H,2-3,6-9H2,1H3;2*1H/t15-;;/m1../s1. The molecule has 1 aliphatic carbocycles. The SMILES string of the molecule is COc1ccc(C#N)c([C@@H](C2CC2)N2CCNCC2)c1O.Cl.Cl. The summed E-state index contributed by atoms with van der Waals surface area (Å²) in [4.78, 5) is 2.39. The first kappa shape index (κ1) is 19.9. The number of phenolic OH excluding ortho intramolecular Hbond substituents is 1. The molecule has 2 N–H and O–H groups in total. The molecule has 0 unspecified atom stereocenters. The fourth-order valence-corrected chi connectivity index (χ4v) is 3.24. The van der Waals surface area contributed by atoms with Gasteiger partial charge in [-0.3, -0.25) is 4.90 Å². The van der Waals surface area contributed by atoms with Crippen LogP contribution in [0.1, 0.15) is 30.0 Å². The lowest BCUT2D eigenvalue weighted by Gasteiger charge is -2.36. The van der Waals surface area contributed by atoms with E-state index in [0.29, 0.717) is 17.2 Å². The minimum atomic E-state index is 0. The highest BCUT2D eigenvalue weighted by Crippen LogP contribution is 2.49. The smallest absolute Gasteiger partial charge is 0.163 e. The van der Waals surface area contributed by atoms with E-state index >= 15 is 0 Å². The summed E-state index contributed by atoms with van der Waals surface area (Å²) in [6.45, 7) is 3.80. The van der Waals surface area contributed by atoms with E-state index in [1.165, 1.54) is 0 Å². The molecule has 1 aromatic carbocycles. The highest BCUT2D eigenvalue weighted by molar-refractivity contribution is 5.85. The Labute approximate surface area is 149 Å². The van der Waals surface area contributed by atoms with Crippen LogP contribution in [0.4, 0.5) is 0 Å². The van der Waals surface area contributed by atoms with Gasteiger partial charge in [0.1, 0.15) is 0 Å². The maximum Gasteiger partial charge on any atom is 0.163 e. The van der Waals surface area contributed by atoms with Crippen molar-refractivity contribution >= 4 is 24.8 Å². The predicted octanol–water partition coefficient (Wildman–Crippen LogP) is 2.47. The molecule has 128 valence electrons. The molecule has 1 saturated carbocycles. The topological polar surface area (TPSA) is 68.5 Å². The van der Waals surface area contributed by atoms with Gasteiger partial charge in [0, 0.05) is 37.8 Å². The quantitative estimate of drug-likeness (QED) is 0.864. The van der Waals surface area contributed by atoms with E-state index in [-0.39, 0.29) is 36.6 Å². The molecule has 0 aromatic heterocycles. The van der Waals surface area contributed by atoms with Crippen LogP contribution in [0, 0.1) is 17.2 Å². The number of piperazine rings is 1. The number of hydrogen-bond donors (Lipinski definition) is 2. The van der Waals surface area contributed by atoms with E-state index in [0.717, 1.165) is 44.6 Å². The van der Waals surface area contributed by atoms with Gasteiger partial charge in [0.15, 0.2) is 11.5 Å². The van der Waals surface area contributed by atoms with Crippen molar-refractivity contribution in [2.45, 2.75) is 18.9 Å². The molecule has 5 nitrogen and oxygen atoms in total. The molecule has 7 heteroatoms. The van der Waals surface area contributed by atoms with Crippen LogP contribution in [0.25, 0.3) is 0 Å². The largest absolute Gasteiger partial charge is 0.504 e. The number of halogens is 2. The third kappa shape index (κ3) is 4.02. The molecular formula is C16H23Cl2N3O2. The lowest BCUT2D eigenvalue weighted by Crippen LogP contribution is -2.45. The fourth-order valence-electron chi connectivity index (χ4n) is 3.24. The summed E-state index contributed by atoms with van der Waals surface area (Å²) < 4.78 is 5.23. The van der Waals surface area contributed by atoms with Crippen molar-refractivity contribution in [2.24, 2.45) is 5.92 Å². The van der Waals surface area contributed by atoms with Gasteiger partial charge in [0.25, 0.3) is 0 Å². The molecule has 0 bridgehead atoms. The van der Waals surface area contributed by atoms with Gasteiger partial charge in [-0.25, -0.2) is 0 Å². The zero-order chi connectivity index (χ0) is 14.8. The van der Waals surface area contributed by atoms with E-state index in [1.807, 2.05) is 0 Å². The monoisotopic (exact) mass is 359 g/mol. The number of nitrogens with zero attached hydrogens (tertiary/aromatic N) is 2. The summed E-state index contributed by atoms with van der Waals surface area (Å²) in [5.74, 6) is 1.12. The summed E-state index contributed by atoms with van der Waals surface area (Å²) >= 11 is 0. The Kier molecular flexibility index (Phi) is 7.43. The van der Waals surface area contributed by atoms with Crippen molar-refractivity contribution in [3.63, 3.8) is 0 Å². The Hall–Kier alpha value is -1.19. The number of phenols is 1. The zero-order valence-corrected chi connectivity index (χ0v) is 14.8. The summed E-state index contributed by atoms with van der Waals surface area (Å²) in [5, 5.41) is 23.3. The van der Waals surface area contributed by atoms with E-state index in [9.17, 15) is 10.4 Å². The number of methoxy groups -OCH3 is 1. The number of hydrogen-bond acceptors (Lipinski definition) is 5. The second-order valence-electron chi connectivity index (χ2n) is 5.76. The summed E-state index contributed by atoms with van der Waals surface area (Å²) in [5.41, 5.74) is 1.31. The molecule has 1 atom stereocenters. The van der Waals surface area contributed by atoms with E-state index in [4.69, 9.17) is 4.74 Å². The molecule has 1 aliphatic heterocycles.